The van der Waals surface area contributed by atoms with E-state index in [1.54, 1.807) is 7.11 Å². The topological polar surface area (TPSA) is 38.5 Å². The second kappa shape index (κ2) is 5.84. The molecule has 3 nitrogen and oxygen atoms in total. The normalized spacial score (nSPS) is 16.7. The maximum atomic E-state index is 5.56. The molecule has 1 aromatic rings. The summed E-state index contributed by atoms with van der Waals surface area (Å²) in [6.07, 6.45) is 3.41. The summed E-state index contributed by atoms with van der Waals surface area (Å²) in [5.41, 5.74) is 8.30. The van der Waals surface area contributed by atoms with Crippen LogP contribution in [0.2, 0.25) is 0 Å². The van der Waals surface area contributed by atoms with Crippen LogP contribution in [-0.2, 0) is 0 Å². The Labute approximate surface area is 103 Å². The van der Waals surface area contributed by atoms with Crippen LogP contribution in [-0.4, -0.2) is 38.2 Å². The lowest BCUT2D eigenvalue weighted by atomic mass is 9.99. The summed E-state index contributed by atoms with van der Waals surface area (Å²) in [4.78, 5) is 2.38. The minimum atomic E-state index is 0.742. The number of nitrogens with two attached hydrogens (primary N) is 1. The monoisotopic (exact) mass is 232 g/mol. The third kappa shape index (κ3) is 3.08. The predicted molar refractivity (Wildman–Crippen MR) is 71.1 cm³/mol. The van der Waals surface area contributed by atoms with Gasteiger partial charge in [-0.15, -0.1) is 0 Å². The van der Waals surface area contributed by atoms with Crippen molar-refractivity contribution in [2.75, 3.05) is 33.3 Å². The molecule has 1 heterocycles. The van der Waals surface area contributed by atoms with Crippen molar-refractivity contribution in [2.45, 2.75) is 6.42 Å². The number of hydrogen-bond acceptors (Lipinski definition) is 3. The number of methoxy groups -OCH3 is 1. The van der Waals surface area contributed by atoms with E-state index in [0.29, 0.717) is 0 Å². The third-order valence-corrected chi connectivity index (χ3v) is 3.20. The molecule has 3 heteroatoms. The molecule has 2 N–H and O–H groups in total. The number of rotatable bonds is 4. The minimum Gasteiger partial charge on any atom is -0.497 e. The van der Waals surface area contributed by atoms with Gasteiger partial charge in [0.1, 0.15) is 5.75 Å². The van der Waals surface area contributed by atoms with Gasteiger partial charge in [-0.3, -0.25) is 4.90 Å². The van der Waals surface area contributed by atoms with Crippen LogP contribution in [0.15, 0.2) is 30.3 Å². The lowest BCUT2D eigenvalue weighted by molar-refractivity contribution is 0.310. The zero-order valence-electron chi connectivity index (χ0n) is 10.4. The summed E-state index contributed by atoms with van der Waals surface area (Å²) in [5, 5.41) is 0. The predicted octanol–water partition coefficient (Wildman–Crippen LogP) is 1.74. The quantitative estimate of drug-likeness (QED) is 0.859. The van der Waals surface area contributed by atoms with E-state index in [1.165, 1.54) is 11.1 Å². The van der Waals surface area contributed by atoms with Gasteiger partial charge in [-0.1, -0.05) is 18.2 Å². The minimum absolute atomic E-state index is 0.742. The molecule has 92 valence electrons. The van der Waals surface area contributed by atoms with E-state index in [4.69, 9.17) is 10.5 Å². The lowest BCUT2D eigenvalue weighted by Gasteiger charge is -2.25. The van der Waals surface area contributed by atoms with Gasteiger partial charge in [-0.2, -0.15) is 0 Å². The Morgan fingerprint density at radius 2 is 2.06 bits per heavy atom. The molecule has 0 amide bonds. The highest BCUT2D eigenvalue weighted by Gasteiger charge is 2.11. The van der Waals surface area contributed by atoms with Crippen molar-refractivity contribution in [1.82, 2.24) is 4.90 Å². The number of ether oxygens (including phenoxy) is 1. The van der Waals surface area contributed by atoms with Crippen LogP contribution in [0.3, 0.4) is 0 Å². The zero-order chi connectivity index (χ0) is 12.1. The van der Waals surface area contributed by atoms with E-state index in [1.807, 2.05) is 12.1 Å². The van der Waals surface area contributed by atoms with Crippen LogP contribution >= 0.6 is 0 Å². The Kier molecular flexibility index (Phi) is 4.18. The Hall–Kier alpha value is -1.32. The average Bonchev–Trinajstić information content (AvgIpc) is 2.40. The number of benzene rings is 1. The molecular weight excluding hydrogens is 212 g/mol. The van der Waals surface area contributed by atoms with Crippen molar-refractivity contribution >= 4 is 5.57 Å². The second-order valence-electron chi connectivity index (χ2n) is 4.30. The Bertz CT molecular complexity index is 384. The highest BCUT2D eigenvalue weighted by Crippen LogP contribution is 2.23. The van der Waals surface area contributed by atoms with Gasteiger partial charge in [-0.05, 0) is 29.7 Å². The van der Waals surface area contributed by atoms with Crippen LogP contribution in [0.5, 0.6) is 5.75 Å². The first-order valence-electron chi connectivity index (χ1n) is 6.09. The molecule has 1 aliphatic rings. The highest BCUT2D eigenvalue weighted by molar-refractivity contribution is 5.67. The summed E-state index contributed by atoms with van der Waals surface area (Å²) >= 11 is 0. The molecule has 0 bridgehead atoms. The SMILES string of the molecule is COc1ccc(C2=CCN(CCN)CC2)cc1. The fourth-order valence-corrected chi connectivity index (χ4v) is 2.16. The highest BCUT2D eigenvalue weighted by atomic mass is 16.5. The molecule has 0 atom stereocenters. The van der Waals surface area contributed by atoms with Crippen LogP contribution in [0.4, 0.5) is 0 Å². The van der Waals surface area contributed by atoms with Crippen molar-refractivity contribution in [3.63, 3.8) is 0 Å². The molecule has 1 aliphatic heterocycles. The Balaban J connectivity index is 2.03. The molecule has 0 fully saturated rings. The molecule has 0 spiro atoms. The molecule has 0 saturated heterocycles. The molecule has 0 unspecified atom stereocenters. The molecule has 0 radical (unpaired) electrons. The van der Waals surface area contributed by atoms with Gasteiger partial charge in [0, 0.05) is 26.2 Å². The van der Waals surface area contributed by atoms with E-state index in [9.17, 15) is 0 Å². The van der Waals surface area contributed by atoms with Crippen molar-refractivity contribution in [3.8, 4) is 5.75 Å². The number of nitrogens with zero attached hydrogens (tertiary/aromatic N) is 1. The van der Waals surface area contributed by atoms with Gasteiger partial charge in [0.25, 0.3) is 0 Å². The first kappa shape index (κ1) is 12.1. The molecule has 2 rings (SSSR count). The zero-order valence-corrected chi connectivity index (χ0v) is 10.4. The van der Waals surface area contributed by atoms with Crippen molar-refractivity contribution in [1.29, 1.82) is 0 Å². The standard InChI is InChI=1S/C14H20N2O/c1-17-14-4-2-12(3-5-14)13-6-9-16(10-7-13)11-8-15/h2-6H,7-11,15H2,1H3. The van der Waals surface area contributed by atoms with Crippen LogP contribution in [0.25, 0.3) is 5.57 Å². The third-order valence-electron chi connectivity index (χ3n) is 3.20. The van der Waals surface area contributed by atoms with Gasteiger partial charge >= 0.3 is 0 Å². The average molecular weight is 232 g/mol. The van der Waals surface area contributed by atoms with Crippen LogP contribution in [0.1, 0.15) is 12.0 Å². The van der Waals surface area contributed by atoms with E-state index in [2.05, 4.69) is 23.1 Å². The Morgan fingerprint density at radius 3 is 2.59 bits per heavy atom. The fraction of sp³-hybridized carbons (Fsp3) is 0.429. The first-order valence-corrected chi connectivity index (χ1v) is 6.09. The van der Waals surface area contributed by atoms with Gasteiger partial charge in [0.05, 0.1) is 7.11 Å². The fourth-order valence-electron chi connectivity index (χ4n) is 2.16. The molecule has 1 aromatic carbocycles. The Morgan fingerprint density at radius 1 is 1.29 bits per heavy atom. The van der Waals surface area contributed by atoms with E-state index < -0.39 is 0 Å². The molecule has 17 heavy (non-hydrogen) atoms. The van der Waals surface area contributed by atoms with Crippen molar-refractivity contribution < 1.29 is 4.74 Å². The van der Waals surface area contributed by atoms with Crippen molar-refractivity contribution in [2.24, 2.45) is 5.73 Å². The van der Waals surface area contributed by atoms with Crippen molar-refractivity contribution in [3.05, 3.63) is 35.9 Å². The summed E-state index contributed by atoms with van der Waals surface area (Å²) in [6, 6.07) is 8.29. The van der Waals surface area contributed by atoms with Gasteiger partial charge < -0.3 is 10.5 Å². The summed E-state index contributed by atoms with van der Waals surface area (Å²) in [6.45, 7) is 3.85. The maximum absolute atomic E-state index is 5.56. The van der Waals surface area contributed by atoms with E-state index in [-0.39, 0.29) is 0 Å². The first-order chi connectivity index (χ1) is 8.33. The maximum Gasteiger partial charge on any atom is 0.118 e. The van der Waals surface area contributed by atoms with Gasteiger partial charge in [-0.25, -0.2) is 0 Å². The molecule has 0 aromatic heterocycles. The number of hydrogen-bond donors (Lipinski definition) is 1. The second-order valence-corrected chi connectivity index (χ2v) is 4.30. The molecule has 0 saturated carbocycles. The molecular formula is C14H20N2O. The van der Waals surface area contributed by atoms with Crippen LogP contribution in [0, 0.1) is 0 Å². The van der Waals surface area contributed by atoms with Gasteiger partial charge in [0.2, 0.25) is 0 Å². The van der Waals surface area contributed by atoms with Crippen LogP contribution < -0.4 is 10.5 Å². The lowest BCUT2D eigenvalue weighted by Crippen LogP contribution is -2.33. The van der Waals surface area contributed by atoms with E-state index >= 15 is 0 Å². The summed E-state index contributed by atoms with van der Waals surface area (Å²) in [7, 11) is 1.69. The van der Waals surface area contributed by atoms with Gasteiger partial charge in [0.15, 0.2) is 0 Å². The summed E-state index contributed by atoms with van der Waals surface area (Å²) in [5.74, 6) is 0.912. The largest absolute Gasteiger partial charge is 0.497 e. The smallest absolute Gasteiger partial charge is 0.118 e. The van der Waals surface area contributed by atoms with E-state index in [0.717, 1.165) is 38.3 Å². The summed E-state index contributed by atoms with van der Waals surface area (Å²) < 4.78 is 5.16. The molecule has 0 aliphatic carbocycles.